The van der Waals surface area contributed by atoms with Crippen LogP contribution in [0.5, 0.6) is 0 Å². The van der Waals surface area contributed by atoms with E-state index in [2.05, 4.69) is 5.16 Å². The maximum atomic E-state index is 9.30. The predicted octanol–water partition coefficient (Wildman–Crippen LogP) is 2.53. The summed E-state index contributed by atoms with van der Waals surface area (Å²) in [6, 6.07) is 3.51. The van der Waals surface area contributed by atoms with E-state index in [1.165, 1.54) is 0 Å². The van der Waals surface area contributed by atoms with Crippen molar-refractivity contribution in [3.63, 3.8) is 0 Å². The molecule has 110 valence electrons. The Hall–Kier alpha value is -1.17. The summed E-state index contributed by atoms with van der Waals surface area (Å²) in [6.07, 6.45) is 0. The van der Waals surface area contributed by atoms with Gasteiger partial charge in [0.05, 0.1) is 28.9 Å². The largest absolute Gasteiger partial charge is 0.409 e. The molecule has 20 heavy (non-hydrogen) atoms. The van der Waals surface area contributed by atoms with Gasteiger partial charge in [-0.25, -0.2) is 0 Å². The minimum Gasteiger partial charge on any atom is -0.409 e. The molecule has 7 heteroatoms. The lowest BCUT2D eigenvalue weighted by atomic mass is 10.1. The van der Waals surface area contributed by atoms with Gasteiger partial charge >= 0.3 is 0 Å². The van der Waals surface area contributed by atoms with Crippen molar-refractivity contribution in [2.45, 2.75) is 0 Å². The molecule has 0 bridgehead atoms. The Labute approximate surface area is 128 Å². The molecule has 1 aromatic rings. The molecule has 2 rings (SSSR count). The van der Waals surface area contributed by atoms with Crippen LogP contribution in [0, 0.1) is 0 Å². The van der Waals surface area contributed by atoms with Crippen molar-refractivity contribution in [1.82, 2.24) is 4.90 Å². The smallest absolute Gasteiger partial charge is 0.175 e. The third-order valence-electron chi connectivity index (χ3n) is 3.13. The zero-order chi connectivity index (χ0) is 14.7. The summed E-state index contributed by atoms with van der Waals surface area (Å²) >= 11 is 12.5. The van der Waals surface area contributed by atoms with Crippen LogP contribution in [-0.4, -0.2) is 56.3 Å². The van der Waals surface area contributed by atoms with E-state index in [1.54, 1.807) is 12.1 Å². The van der Waals surface area contributed by atoms with E-state index < -0.39 is 0 Å². The lowest BCUT2D eigenvalue weighted by Crippen LogP contribution is -2.41. The first-order chi connectivity index (χ1) is 9.54. The van der Waals surface area contributed by atoms with Gasteiger partial charge in [0.2, 0.25) is 0 Å². The topological polar surface area (TPSA) is 48.3 Å². The number of nitrogens with zero attached hydrogens (tertiary/aromatic N) is 3. The molecule has 0 saturated carbocycles. The summed E-state index contributed by atoms with van der Waals surface area (Å²) in [6.45, 7) is 2.56. The summed E-state index contributed by atoms with van der Waals surface area (Å²) in [7, 11) is 3.74. The summed E-state index contributed by atoms with van der Waals surface area (Å²) < 4.78 is 5.29. The van der Waals surface area contributed by atoms with Crippen LogP contribution in [0.15, 0.2) is 17.3 Å². The molecule has 1 saturated heterocycles. The van der Waals surface area contributed by atoms with E-state index in [1.807, 2.05) is 23.9 Å². The first-order valence-electron chi connectivity index (χ1n) is 6.26. The molecule has 0 unspecified atom stereocenters. The van der Waals surface area contributed by atoms with E-state index in [0.29, 0.717) is 47.7 Å². The maximum absolute atomic E-state index is 9.30. The van der Waals surface area contributed by atoms with E-state index in [0.717, 1.165) is 5.69 Å². The Morgan fingerprint density at radius 3 is 2.25 bits per heavy atom. The molecule has 1 aromatic carbocycles. The first kappa shape index (κ1) is 15.2. The molecule has 0 radical (unpaired) electrons. The van der Waals surface area contributed by atoms with Gasteiger partial charge in [-0.15, -0.1) is 0 Å². The van der Waals surface area contributed by atoms with Crippen molar-refractivity contribution in [2.75, 3.05) is 45.3 Å². The molecule has 5 nitrogen and oxygen atoms in total. The normalized spacial score (nSPS) is 16.4. The van der Waals surface area contributed by atoms with Crippen LogP contribution in [0.3, 0.4) is 0 Å². The van der Waals surface area contributed by atoms with E-state index in [9.17, 15) is 5.21 Å². The number of morpholine rings is 1. The van der Waals surface area contributed by atoms with Crippen molar-refractivity contribution in [3.8, 4) is 0 Å². The number of hydrogen-bond acceptors (Lipinski definition) is 4. The highest BCUT2D eigenvalue weighted by Gasteiger charge is 2.20. The lowest BCUT2D eigenvalue weighted by molar-refractivity contribution is 0.0668. The van der Waals surface area contributed by atoms with Crippen LogP contribution in [0.1, 0.15) is 5.56 Å². The van der Waals surface area contributed by atoms with Gasteiger partial charge in [-0.05, 0) is 12.1 Å². The van der Waals surface area contributed by atoms with Gasteiger partial charge in [0.25, 0.3) is 0 Å². The third kappa shape index (κ3) is 3.11. The predicted molar refractivity (Wildman–Crippen MR) is 81.5 cm³/mol. The van der Waals surface area contributed by atoms with Crippen molar-refractivity contribution >= 4 is 34.7 Å². The van der Waals surface area contributed by atoms with Crippen LogP contribution in [-0.2, 0) is 4.74 Å². The van der Waals surface area contributed by atoms with Crippen molar-refractivity contribution < 1.29 is 9.94 Å². The molecule has 1 heterocycles. The average molecular weight is 318 g/mol. The first-order valence-corrected chi connectivity index (χ1v) is 7.01. The van der Waals surface area contributed by atoms with Crippen molar-refractivity contribution in [2.24, 2.45) is 5.16 Å². The van der Waals surface area contributed by atoms with Crippen LogP contribution in [0.2, 0.25) is 10.0 Å². The molecule has 1 aliphatic heterocycles. The number of ether oxygens (including phenoxy) is 1. The Balaban J connectivity index is 2.36. The van der Waals surface area contributed by atoms with Crippen LogP contribution >= 0.6 is 23.2 Å². The lowest BCUT2D eigenvalue weighted by Gasteiger charge is -2.29. The fraction of sp³-hybridized carbons (Fsp3) is 0.462. The third-order valence-corrected chi connectivity index (χ3v) is 3.70. The highest BCUT2D eigenvalue weighted by molar-refractivity contribution is 6.39. The van der Waals surface area contributed by atoms with Crippen molar-refractivity contribution in [3.05, 3.63) is 27.7 Å². The van der Waals surface area contributed by atoms with Gasteiger partial charge < -0.3 is 19.7 Å². The molecule has 0 aromatic heterocycles. The number of oxime groups is 1. The fourth-order valence-electron chi connectivity index (χ4n) is 2.20. The van der Waals surface area contributed by atoms with E-state index in [-0.39, 0.29) is 0 Å². The molecule has 0 aliphatic carbocycles. The number of hydrogen-bond donors (Lipinski definition) is 1. The highest BCUT2D eigenvalue weighted by atomic mass is 35.5. The molecular weight excluding hydrogens is 301 g/mol. The molecule has 0 atom stereocenters. The van der Waals surface area contributed by atoms with Crippen molar-refractivity contribution in [1.29, 1.82) is 0 Å². The Morgan fingerprint density at radius 2 is 1.80 bits per heavy atom. The van der Waals surface area contributed by atoms with Crippen LogP contribution < -0.4 is 4.90 Å². The molecular formula is C13H17Cl2N3O2. The SMILES string of the molecule is CN(C)c1c(Cl)cc(/C(=N/O)N2CCOCC2)cc1Cl. The van der Waals surface area contributed by atoms with Gasteiger partial charge in [0.1, 0.15) is 0 Å². The monoisotopic (exact) mass is 317 g/mol. The quantitative estimate of drug-likeness (QED) is 0.394. The van der Waals surface area contributed by atoms with Gasteiger partial charge in [0.15, 0.2) is 5.84 Å². The summed E-state index contributed by atoms with van der Waals surface area (Å²) in [5.41, 5.74) is 1.44. The van der Waals surface area contributed by atoms with Gasteiger partial charge in [-0.2, -0.15) is 0 Å². The standard InChI is InChI=1S/C13H17Cl2N3O2/c1-17(2)12-10(14)7-9(8-11(12)15)13(16-19)18-3-5-20-6-4-18/h7-8,19H,3-6H2,1-2H3/b16-13-. The zero-order valence-corrected chi connectivity index (χ0v) is 12.9. The minimum atomic E-state index is 0.461. The second-order valence-electron chi connectivity index (χ2n) is 4.71. The number of anilines is 1. The molecule has 1 aliphatic rings. The number of benzene rings is 1. The minimum absolute atomic E-state index is 0.461. The summed E-state index contributed by atoms with van der Waals surface area (Å²) in [5, 5.41) is 13.7. The van der Waals surface area contributed by atoms with Gasteiger partial charge in [-0.3, -0.25) is 0 Å². The van der Waals surface area contributed by atoms with Gasteiger partial charge in [-0.1, -0.05) is 28.4 Å². The van der Waals surface area contributed by atoms with Crippen LogP contribution in [0.4, 0.5) is 5.69 Å². The maximum Gasteiger partial charge on any atom is 0.175 e. The van der Waals surface area contributed by atoms with Gasteiger partial charge in [0, 0.05) is 32.7 Å². The second kappa shape index (κ2) is 6.52. The van der Waals surface area contributed by atoms with E-state index in [4.69, 9.17) is 27.9 Å². The molecule has 1 fully saturated rings. The second-order valence-corrected chi connectivity index (χ2v) is 5.52. The highest BCUT2D eigenvalue weighted by Crippen LogP contribution is 2.34. The number of halogens is 2. The zero-order valence-electron chi connectivity index (χ0n) is 11.4. The number of rotatable bonds is 2. The Morgan fingerprint density at radius 1 is 1.25 bits per heavy atom. The van der Waals surface area contributed by atoms with E-state index >= 15 is 0 Å². The fourth-order valence-corrected chi connectivity index (χ4v) is 3.03. The summed E-state index contributed by atoms with van der Waals surface area (Å²) in [5.74, 6) is 0.461. The molecule has 0 amide bonds. The number of amidine groups is 1. The van der Waals surface area contributed by atoms with Crippen LogP contribution in [0.25, 0.3) is 0 Å². The Bertz CT molecular complexity index is 491. The molecule has 1 N–H and O–H groups in total. The Kier molecular flexibility index (Phi) is 4.96. The summed E-state index contributed by atoms with van der Waals surface area (Å²) in [4.78, 5) is 3.79. The molecule has 0 spiro atoms. The average Bonchev–Trinajstić information content (AvgIpc) is 2.39.